The Hall–Kier alpha value is -2.82. The van der Waals surface area contributed by atoms with Gasteiger partial charge in [-0.3, -0.25) is 9.79 Å². The lowest BCUT2D eigenvalue weighted by atomic mass is 10.2. The second-order valence-electron chi connectivity index (χ2n) is 6.77. The van der Waals surface area contributed by atoms with Gasteiger partial charge in [-0.15, -0.1) is 24.0 Å². The number of furan rings is 1. The minimum absolute atomic E-state index is 0. The van der Waals surface area contributed by atoms with Crippen LogP contribution in [0.15, 0.2) is 70.5 Å². The Bertz CT molecular complexity index is 946. The van der Waals surface area contributed by atoms with Crippen LogP contribution in [0.4, 0.5) is 0 Å². The Kier molecular flexibility index (Phi) is 7.50. The summed E-state index contributed by atoms with van der Waals surface area (Å²) in [6.45, 7) is 3.41. The summed E-state index contributed by atoms with van der Waals surface area (Å²) in [7, 11) is 1.78. The van der Waals surface area contributed by atoms with E-state index in [-0.39, 0.29) is 29.9 Å². The number of carbonyl (C=O) groups excluding carboxylic acids is 1. The molecule has 8 nitrogen and oxygen atoms in total. The van der Waals surface area contributed by atoms with E-state index in [1.807, 2.05) is 34.0 Å². The number of aromatic nitrogens is 2. The predicted molar refractivity (Wildman–Crippen MR) is 125 cm³/mol. The van der Waals surface area contributed by atoms with E-state index in [0.29, 0.717) is 25.4 Å². The van der Waals surface area contributed by atoms with Gasteiger partial charge >= 0.3 is 0 Å². The molecule has 1 aliphatic rings. The lowest BCUT2D eigenvalue weighted by molar-refractivity contribution is 0.0657. The number of benzene rings is 1. The molecule has 0 saturated carbocycles. The third-order valence-corrected chi connectivity index (χ3v) is 4.97. The van der Waals surface area contributed by atoms with Crippen molar-refractivity contribution in [1.82, 2.24) is 24.9 Å². The molecule has 1 amide bonds. The highest BCUT2D eigenvalue weighted by Gasteiger charge is 2.25. The highest BCUT2D eigenvalue weighted by Crippen LogP contribution is 2.11. The highest BCUT2D eigenvalue weighted by molar-refractivity contribution is 14.0. The first-order valence-electron chi connectivity index (χ1n) is 9.62. The van der Waals surface area contributed by atoms with E-state index in [0.717, 1.165) is 30.3 Å². The fourth-order valence-corrected chi connectivity index (χ4v) is 3.38. The normalized spacial score (nSPS) is 14.4. The van der Waals surface area contributed by atoms with Crippen LogP contribution in [-0.2, 0) is 6.54 Å². The molecule has 0 bridgehead atoms. The van der Waals surface area contributed by atoms with E-state index in [1.165, 1.54) is 6.26 Å². The maximum atomic E-state index is 12.4. The zero-order chi connectivity index (χ0) is 20.1. The van der Waals surface area contributed by atoms with Crippen molar-refractivity contribution in [3.05, 3.63) is 72.4 Å². The zero-order valence-corrected chi connectivity index (χ0v) is 19.1. The average molecular weight is 520 g/mol. The lowest BCUT2D eigenvalue weighted by Crippen LogP contribution is -2.53. The first-order valence-corrected chi connectivity index (χ1v) is 9.62. The molecular weight excluding hydrogens is 495 g/mol. The van der Waals surface area contributed by atoms with Gasteiger partial charge in [0.25, 0.3) is 5.91 Å². The van der Waals surface area contributed by atoms with Crippen LogP contribution in [-0.4, -0.2) is 64.7 Å². The Morgan fingerprint density at radius 2 is 1.83 bits per heavy atom. The molecule has 158 valence electrons. The smallest absolute Gasteiger partial charge is 0.289 e. The van der Waals surface area contributed by atoms with Crippen LogP contribution < -0.4 is 5.32 Å². The second kappa shape index (κ2) is 10.3. The molecule has 1 fully saturated rings. The van der Waals surface area contributed by atoms with Crippen LogP contribution in [0.2, 0.25) is 0 Å². The van der Waals surface area contributed by atoms with Crippen molar-refractivity contribution in [3.8, 4) is 5.69 Å². The number of aliphatic imine (C=N–C) groups is 1. The van der Waals surface area contributed by atoms with Crippen LogP contribution in [0.1, 0.15) is 16.1 Å². The van der Waals surface area contributed by atoms with Crippen molar-refractivity contribution in [3.63, 3.8) is 0 Å². The van der Waals surface area contributed by atoms with E-state index < -0.39 is 0 Å². The van der Waals surface area contributed by atoms with E-state index >= 15 is 0 Å². The summed E-state index contributed by atoms with van der Waals surface area (Å²) >= 11 is 0. The van der Waals surface area contributed by atoms with Gasteiger partial charge in [0.1, 0.15) is 0 Å². The third-order valence-electron chi connectivity index (χ3n) is 4.97. The van der Waals surface area contributed by atoms with Crippen LogP contribution in [0.25, 0.3) is 5.69 Å². The van der Waals surface area contributed by atoms with Crippen molar-refractivity contribution in [2.24, 2.45) is 4.99 Å². The molecule has 0 unspecified atom stereocenters. The summed E-state index contributed by atoms with van der Waals surface area (Å²) in [6, 6.07) is 13.6. The van der Waals surface area contributed by atoms with Gasteiger partial charge in [0, 0.05) is 52.2 Å². The molecule has 30 heavy (non-hydrogen) atoms. The fraction of sp³-hybridized carbons (Fsp3) is 0.286. The number of halogens is 1. The van der Waals surface area contributed by atoms with Gasteiger partial charge < -0.3 is 19.5 Å². The van der Waals surface area contributed by atoms with Crippen LogP contribution >= 0.6 is 24.0 Å². The molecule has 1 aliphatic heterocycles. The van der Waals surface area contributed by atoms with Crippen molar-refractivity contribution >= 4 is 35.8 Å². The number of hydrogen-bond acceptors (Lipinski definition) is 4. The average Bonchev–Trinajstić information content (AvgIpc) is 3.49. The summed E-state index contributed by atoms with van der Waals surface area (Å²) in [5, 5.41) is 7.65. The summed E-state index contributed by atoms with van der Waals surface area (Å²) in [6.07, 6.45) is 5.21. The Balaban J connectivity index is 0.00000256. The molecule has 4 rings (SSSR count). The Morgan fingerprint density at radius 1 is 1.10 bits per heavy atom. The van der Waals surface area contributed by atoms with Gasteiger partial charge in [-0.25, -0.2) is 4.68 Å². The maximum absolute atomic E-state index is 12.4. The summed E-state index contributed by atoms with van der Waals surface area (Å²) in [4.78, 5) is 20.8. The van der Waals surface area contributed by atoms with E-state index in [9.17, 15) is 4.79 Å². The molecule has 2 aromatic heterocycles. The standard InChI is InChI=1S/C21H24N6O2.HI/c1-22-21(23-16-17-5-7-18(8-6-17)27-10-3-9-24-27)26-13-11-25(12-14-26)20(28)19-4-2-15-29-19;/h2-10,15H,11-14,16H2,1H3,(H,22,23);1H. The summed E-state index contributed by atoms with van der Waals surface area (Å²) in [5.74, 6) is 1.17. The van der Waals surface area contributed by atoms with E-state index in [4.69, 9.17) is 4.42 Å². The van der Waals surface area contributed by atoms with Crippen LogP contribution in [0, 0.1) is 0 Å². The molecule has 1 N–H and O–H groups in total. The second-order valence-corrected chi connectivity index (χ2v) is 6.77. The molecule has 3 heterocycles. The van der Waals surface area contributed by atoms with Gasteiger partial charge in [0.15, 0.2) is 11.7 Å². The molecular formula is C21H25IN6O2. The van der Waals surface area contributed by atoms with Gasteiger partial charge in [0.2, 0.25) is 0 Å². The van der Waals surface area contributed by atoms with Crippen LogP contribution in [0.5, 0.6) is 0 Å². The predicted octanol–water partition coefficient (Wildman–Crippen LogP) is 2.62. The van der Waals surface area contributed by atoms with Gasteiger partial charge in [-0.2, -0.15) is 5.10 Å². The molecule has 0 aliphatic carbocycles. The first kappa shape index (κ1) is 21.9. The SMILES string of the molecule is CN=C(NCc1ccc(-n2cccn2)cc1)N1CCN(C(=O)c2ccco2)CC1.I. The van der Waals surface area contributed by atoms with E-state index in [2.05, 4.69) is 32.4 Å². The lowest BCUT2D eigenvalue weighted by Gasteiger charge is -2.36. The van der Waals surface area contributed by atoms with E-state index in [1.54, 1.807) is 25.4 Å². The largest absolute Gasteiger partial charge is 0.459 e. The quantitative estimate of drug-likeness (QED) is 0.325. The molecule has 9 heteroatoms. The number of hydrogen-bond donors (Lipinski definition) is 1. The molecule has 1 aromatic carbocycles. The number of rotatable bonds is 4. The molecule has 1 saturated heterocycles. The topological polar surface area (TPSA) is 78.9 Å². The van der Waals surface area contributed by atoms with Crippen LogP contribution in [0.3, 0.4) is 0 Å². The van der Waals surface area contributed by atoms with Crippen molar-refractivity contribution in [2.45, 2.75) is 6.54 Å². The minimum atomic E-state index is -0.0603. The number of amides is 1. The zero-order valence-electron chi connectivity index (χ0n) is 16.8. The van der Waals surface area contributed by atoms with Crippen molar-refractivity contribution < 1.29 is 9.21 Å². The molecule has 0 spiro atoms. The van der Waals surface area contributed by atoms with Gasteiger partial charge in [-0.1, -0.05) is 12.1 Å². The summed E-state index contributed by atoms with van der Waals surface area (Å²) in [5.41, 5.74) is 2.19. The summed E-state index contributed by atoms with van der Waals surface area (Å²) < 4.78 is 7.05. The first-order chi connectivity index (χ1) is 14.2. The maximum Gasteiger partial charge on any atom is 0.289 e. The number of nitrogens with zero attached hydrogens (tertiary/aromatic N) is 5. The Labute approximate surface area is 192 Å². The molecule has 0 radical (unpaired) electrons. The molecule has 3 aromatic rings. The fourth-order valence-electron chi connectivity index (χ4n) is 3.38. The monoisotopic (exact) mass is 520 g/mol. The third kappa shape index (κ3) is 5.02. The van der Waals surface area contributed by atoms with Gasteiger partial charge in [-0.05, 0) is 35.9 Å². The number of carbonyl (C=O) groups is 1. The highest BCUT2D eigenvalue weighted by atomic mass is 127. The van der Waals surface area contributed by atoms with Gasteiger partial charge in [0.05, 0.1) is 12.0 Å². The number of guanidine groups is 1. The Morgan fingerprint density at radius 3 is 2.43 bits per heavy atom. The number of piperazine rings is 1. The number of nitrogens with one attached hydrogen (secondary N) is 1. The van der Waals surface area contributed by atoms with Crippen molar-refractivity contribution in [1.29, 1.82) is 0 Å². The van der Waals surface area contributed by atoms with Crippen molar-refractivity contribution in [2.75, 3.05) is 33.2 Å². The minimum Gasteiger partial charge on any atom is -0.459 e. The molecule has 0 atom stereocenters.